The minimum Gasteiger partial charge on any atom is -0.350 e. The van der Waals surface area contributed by atoms with Crippen LogP contribution in [-0.2, 0) is 10.0 Å². The van der Waals surface area contributed by atoms with Crippen molar-refractivity contribution in [1.82, 2.24) is 14.9 Å². The Labute approximate surface area is 149 Å². The molecule has 0 aliphatic carbocycles. The molecule has 0 aliphatic rings. The summed E-state index contributed by atoms with van der Waals surface area (Å²) in [5, 5.41) is 7.91. The highest BCUT2D eigenvalue weighted by atomic mass is 32.2. The molecule has 0 bridgehead atoms. The highest BCUT2D eigenvalue weighted by Gasteiger charge is 2.14. The highest BCUT2D eigenvalue weighted by molar-refractivity contribution is 7.89. The average molecular weight is 370 g/mol. The first-order chi connectivity index (χ1) is 11.5. The molecule has 0 fully saturated rings. The zero-order valence-corrected chi connectivity index (χ0v) is 16.0. The fourth-order valence-electron chi connectivity index (χ4n) is 1.89. The van der Waals surface area contributed by atoms with Gasteiger partial charge in [0, 0.05) is 37.9 Å². The molecule has 1 aromatic rings. The maximum atomic E-state index is 12.0. The molecule has 0 aromatic heterocycles. The van der Waals surface area contributed by atoms with Gasteiger partial charge in [0.05, 0.1) is 5.75 Å². The van der Waals surface area contributed by atoms with Crippen LogP contribution in [0.3, 0.4) is 0 Å². The second-order valence-electron chi connectivity index (χ2n) is 6.14. The first kappa shape index (κ1) is 20.9. The monoisotopic (exact) mass is 370 g/mol. The molecule has 25 heavy (non-hydrogen) atoms. The van der Waals surface area contributed by atoms with Crippen LogP contribution in [0.15, 0.2) is 18.2 Å². The summed E-state index contributed by atoms with van der Waals surface area (Å²) in [5.41, 5.74) is 1.71. The summed E-state index contributed by atoms with van der Waals surface area (Å²) < 4.78 is 24.4. The number of amides is 3. The topological polar surface area (TPSA) is 108 Å². The van der Waals surface area contributed by atoms with E-state index in [0.29, 0.717) is 11.3 Å². The number of nitrogens with one attached hydrogen (secondary N) is 3. The fourth-order valence-corrected chi connectivity index (χ4v) is 2.61. The Morgan fingerprint density at radius 1 is 1.20 bits per heavy atom. The number of sulfonamides is 1. The summed E-state index contributed by atoms with van der Waals surface area (Å²) in [5.74, 6) is -0.418. The van der Waals surface area contributed by atoms with Crippen LogP contribution in [0.1, 0.15) is 29.8 Å². The largest absolute Gasteiger partial charge is 0.350 e. The Kier molecular flexibility index (Phi) is 7.38. The Morgan fingerprint density at radius 2 is 1.84 bits per heavy atom. The summed E-state index contributed by atoms with van der Waals surface area (Å²) in [7, 11) is -0.493. The number of anilines is 1. The molecule has 0 atom stereocenters. The van der Waals surface area contributed by atoms with Crippen LogP contribution in [-0.4, -0.2) is 57.1 Å². The van der Waals surface area contributed by atoms with Gasteiger partial charge in [-0.2, -0.15) is 0 Å². The van der Waals surface area contributed by atoms with E-state index >= 15 is 0 Å². The van der Waals surface area contributed by atoms with Crippen LogP contribution < -0.4 is 16.0 Å². The number of carbonyl (C=O) groups is 2. The van der Waals surface area contributed by atoms with E-state index in [9.17, 15) is 18.0 Å². The van der Waals surface area contributed by atoms with E-state index in [2.05, 4.69) is 16.0 Å². The number of hydrogen-bond donors (Lipinski definition) is 3. The van der Waals surface area contributed by atoms with Crippen molar-refractivity contribution < 1.29 is 18.0 Å². The molecule has 0 unspecified atom stereocenters. The Balaban J connectivity index is 2.69. The molecule has 140 valence electrons. The van der Waals surface area contributed by atoms with Crippen molar-refractivity contribution in [3.63, 3.8) is 0 Å². The van der Waals surface area contributed by atoms with Crippen LogP contribution in [0.5, 0.6) is 0 Å². The molecule has 0 aliphatic heterocycles. The summed E-state index contributed by atoms with van der Waals surface area (Å²) >= 11 is 0. The maximum Gasteiger partial charge on any atom is 0.319 e. The first-order valence-electron chi connectivity index (χ1n) is 7.89. The number of carbonyl (C=O) groups excluding carboxylic acids is 2. The van der Waals surface area contributed by atoms with Gasteiger partial charge in [0.15, 0.2) is 0 Å². The van der Waals surface area contributed by atoms with Crippen molar-refractivity contribution in [2.75, 3.05) is 31.7 Å². The number of hydrogen-bond acceptors (Lipinski definition) is 4. The summed E-state index contributed by atoms with van der Waals surface area (Å²) in [6, 6.07) is 4.48. The number of benzene rings is 1. The normalized spacial score (nSPS) is 11.5. The van der Waals surface area contributed by atoms with Gasteiger partial charge in [0.1, 0.15) is 0 Å². The molecular weight excluding hydrogens is 344 g/mol. The van der Waals surface area contributed by atoms with E-state index in [1.165, 1.54) is 14.1 Å². The molecule has 0 spiro atoms. The predicted octanol–water partition coefficient (Wildman–Crippen LogP) is 1.15. The molecule has 0 heterocycles. The predicted molar refractivity (Wildman–Crippen MR) is 98.3 cm³/mol. The van der Waals surface area contributed by atoms with Crippen LogP contribution in [0.25, 0.3) is 0 Å². The SMILES string of the molecule is Cc1ccc(C(=O)NC(C)C)cc1NC(=O)NCCS(=O)(=O)N(C)C. The zero-order valence-electron chi connectivity index (χ0n) is 15.2. The molecule has 0 saturated carbocycles. The molecule has 1 aromatic carbocycles. The zero-order chi connectivity index (χ0) is 19.2. The summed E-state index contributed by atoms with van der Waals surface area (Å²) in [6.07, 6.45) is 0. The van der Waals surface area contributed by atoms with Crippen LogP contribution in [0.2, 0.25) is 0 Å². The molecule has 3 N–H and O–H groups in total. The van der Waals surface area contributed by atoms with Crippen molar-refractivity contribution in [1.29, 1.82) is 0 Å². The van der Waals surface area contributed by atoms with Crippen molar-refractivity contribution in [2.45, 2.75) is 26.8 Å². The molecule has 0 saturated heterocycles. The third-order valence-corrected chi connectivity index (χ3v) is 5.20. The molecule has 0 radical (unpaired) electrons. The Morgan fingerprint density at radius 3 is 2.40 bits per heavy atom. The minimum absolute atomic E-state index is 0.00663. The quantitative estimate of drug-likeness (QED) is 0.669. The second kappa shape index (κ2) is 8.82. The average Bonchev–Trinajstić information content (AvgIpc) is 2.48. The lowest BCUT2D eigenvalue weighted by Gasteiger charge is -2.14. The van der Waals surface area contributed by atoms with Crippen LogP contribution in [0.4, 0.5) is 10.5 Å². The van der Waals surface area contributed by atoms with Crippen molar-refractivity contribution in [2.24, 2.45) is 0 Å². The van der Waals surface area contributed by atoms with E-state index < -0.39 is 16.1 Å². The van der Waals surface area contributed by atoms with Gasteiger partial charge in [0.25, 0.3) is 5.91 Å². The van der Waals surface area contributed by atoms with Crippen LogP contribution >= 0.6 is 0 Å². The lowest BCUT2D eigenvalue weighted by atomic mass is 10.1. The van der Waals surface area contributed by atoms with Crippen molar-refractivity contribution in [3.05, 3.63) is 29.3 Å². The van der Waals surface area contributed by atoms with Gasteiger partial charge in [0.2, 0.25) is 10.0 Å². The fraction of sp³-hybridized carbons (Fsp3) is 0.500. The minimum atomic E-state index is -3.37. The molecule has 9 heteroatoms. The van der Waals surface area contributed by atoms with E-state index in [4.69, 9.17) is 0 Å². The van der Waals surface area contributed by atoms with Crippen molar-refractivity contribution >= 4 is 27.6 Å². The molecule has 1 rings (SSSR count). The molecular formula is C16H26N4O4S. The number of rotatable bonds is 7. The smallest absolute Gasteiger partial charge is 0.319 e. The number of nitrogens with zero attached hydrogens (tertiary/aromatic N) is 1. The van der Waals surface area contributed by atoms with Gasteiger partial charge in [-0.3, -0.25) is 4.79 Å². The van der Waals surface area contributed by atoms with Gasteiger partial charge >= 0.3 is 6.03 Å². The van der Waals surface area contributed by atoms with E-state index in [-0.39, 0.29) is 24.2 Å². The van der Waals surface area contributed by atoms with Gasteiger partial charge in [-0.25, -0.2) is 17.5 Å². The van der Waals surface area contributed by atoms with Gasteiger partial charge in [-0.05, 0) is 38.5 Å². The third-order valence-electron chi connectivity index (χ3n) is 3.37. The lowest BCUT2D eigenvalue weighted by Crippen LogP contribution is -2.36. The second-order valence-corrected chi connectivity index (χ2v) is 8.44. The first-order valence-corrected chi connectivity index (χ1v) is 9.50. The van der Waals surface area contributed by atoms with Gasteiger partial charge < -0.3 is 16.0 Å². The van der Waals surface area contributed by atoms with E-state index in [1.807, 2.05) is 13.8 Å². The third kappa shape index (κ3) is 6.71. The van der Waals surface area contributed by atoms with Crippen molar-refractivity contribution in [3.8, 4) is 0 Å². The highest BCUT2D eigenvalue weighted by Crippen LogP contribution is 2.17. The van der Waals surface area contributed by atoms with Gasteiger partial charge in [-0.1, -0.05) is 6.07 Å². The lowest BCUT2D eigenvalue weighted by molar-refractivity contribution is 0.0943. The molecule has 3 amide bonds. The van der Waals surface area contributed by atoms with E-state index in [0.717, 1.165) is 9.87 Å². The van der Waals surface area contributed by atoms with E-state index in [1.54, 1.807) is 25.1 Å². The number of aryl methyl sites for hydroxylation is 1. The molecule has 8 nitrogen and oxygen atoms in total. The van der Waals surface area contributed by atoms with Crippen LogP contribution in [0, 0.1) is 6.92 Å². The maximum absolute atomic E-state index is 12.0. The Bertz CT molecular complexity index is 730. The summed E-state index contributed by atoms with van der Waals surface area (Å²) in [4.78, 5) is 24.0. The Hall–Kier alpha value is -2.13. The summed E-state index contributed by atoms with van der Waals surface area (Å²) in [6.45, 7) is 5.51. The standard InChI is InChI=1S/C16H26N4O4S/c1-11(2)18-15(21)13-7-6-12(3)14(10-13)19-16(22)17-8-9-25(23,24)20(4)5/h6-7,10-11H,8-9H2,1-5H3,(H,18,21)(H2,17,19,22). The van der Waals surface area contributed by atoms with Gasteiger partial charge in [-0.15, -0.1) is 0 Å². The number of urea groups is 1.